The Kier molecular flexibility index (Phi) is 4.74. The zero-order valence-electron chi connectivity index (χ0n) is 9.76. The zero-order valence-corrected chi connectivity index (χ0v) is 10.5. The lowest BCUT2D eigenvalue weighted by molar-refractivity contribution is -0.0505. The molecule has 0 amide bonds. The highest BCUT2D eigenvalue weighted by Crippen LogP contribution is 2.24. The van der Waals surface area contributed by atoms with Gasteiger partial charge in [-0.1, -0.05) is 11.6 Å². The largest absolute Gasteiger partial charge is 0.434 e. The maximum absolute atomic E-state index is 12.3. The number of benzene rings is 1. The van der Waals surface area contributed by atoms with Crippen LogP contribution in [0.3, 0.4) is 0 Å². The van der Waals surface area contributed by atoms with Gasteiger partial charge in [0.05, 0.1) is 0 Å². The standard InChI is InChI=1S/C12H15ClF2N2O/c13-9-1-2-11(18-12(14)15)8(5-9)6-17-10-3-4-16-7-10/h1-2,5,10,12,16-17H,3-4,6-7H2. The first-order valence-electron chi connectivity index (χ1n) is 5.82. The van der Waals surface area contributed by atoms with Crippen LogP contribution in [0.5, 0.6) is 5.75 Å². The molecule has 2 N–H and O–H groups in total. The smallest absolute Gasteiger partial charge is 0.387 e. The summed E-state index contributed by atoms with van der Waals surface area (Å²) in [5, 5.41) is 7.03. The van der Waals surface area contributed by atoms with Crippen molar-refractivity contribution in [2.24, 2.45) is 0 Å². The molecular weight excluding hydrogens is 262 g/mol. The Hall–Kier alpha value is -0.910. The molecule has 1 aliphatic heterocycles. The summed E-state index contributed by atoms with van der Waals surface area (Å²) in [5.74, 6) is 0.174. The molecule has 0 aliphatic carbocycles. The van der Waals surface area contributed by atoms with Gasteiger partial charge in [0.1, 0.15) is 5.75 Å². The van der Waals surface area contributed by atoms with Crippen molar-refractivity contribution in [2.75, 3.05) is 13.1 Å². The predicted octanol–water partition coefficient (Wildman–Crippen LogP) is 2.39. The molecule has 0 aromatic heterocycles. The van der Waals surface area contributed by atoms with Gasteiger partial charge in [-0.3, -0.25) is 0 Å². The van der Waals surface area contributed by atoms with Crippen molar-refractivity contribution in [1.82, 2.24) is 10.6 Å². The topological polar surface area (TPSA) is 33.3 Å². The van der Waals surface area contributed by atoms with Crippen LogP contribution in [-0.2, 0) is 6.54 Å². The van der Waals surface area contributed by atoms with Crippen LogP contribution in [0.4, 0.5) is 8.78 Å². The fourth-order valence-electron chi connectivity index (χ4n) is 1.98. The second kappa shape index (κ2) is 6.31. The molecule has 6 heteroatoms. The van der Waals surface area contributed by atoms with E-state index in [1.807, 2.05) is 0 Å². The van der Waals surface area contributed by atoms with Gasteiger partial charge in [0.15, 0.2) is 0 Å². The number of nitrogens with one attached hydrogen (secondary N) is 2. The second-order valence-electron chi connectivity index (χ2n) is 4.20. The summed E-state index contributed by atoms with van der Waals surface area (Å²) in [7, 11) is 0. The number of hydrogen-bond donors (Lipinski definition) is 2. The van der Waals surface area contributed by atoms with E-state index < -0.39 is 6.61 Å². The summed E-state index contributed by atoms with van der Waals surface area (Å²) in [6, 6.07) is 5.02. The van der Waals surface area contributed by atoms with Crippen LogP contribution in [0.1, 0.15) is 12.0 Å². The van der Waals surface area contributed by atoms with Crippen molar-refractivity contribution < 1.29 is 13.5 Å². The fourth-order valence-corrected chi connectivity index (χ4v) is 2.17. The highest BCUT2D eigenvalue weighted by molar-refractivity contribution is 6.30. The van der Waals surface area contributed by atoms with Crippen molar-refractivity contribution in [2.45, 2.75) is 25.6 Å². The minimum Gasteiger partial charge on any atom is -0.434 e. The molecule has 1 fully saturated rings. The van der Waals surface area contributed by atoms with Crippen molar-refractivity contribution in [3.63, 3.8) is 0 Å². The van der Waals surface area contributed by atoms with E-state index in [0.29, 0.717) is 23.2 Å². The SMILES string of the molecule is FC(F)Oc1ccc(Cl)cc1CNC1CCNC1. The molecule has 0 bridgehead atoms. The molecule has 1 unspecified atom stereocenters. The van der Waals surface area contributed by atoms with E-state index in [9.17, 15) is 8.78 Å². The molecule has 0 radical (unpaired) electrons. The third-order valence-corrected chi connectivity index (χ3v) is 3.12. The lowest BCUT2D eigenvalue weighted by Crippen LogP contribution is -2.30. The van der Waals surface area contributed by atoms with Crippen LogP contribution in [0.2, 0.25) is 5.02 Å². The molecule has 2 rings (SSSR count). The van der Waals surface area contributed by atoms with Gasteiger partial charge in [0, 0.05) is 29.7 Å². The average Bonchev–Trinajstić information content (AvgIpc) is 2.82. The molecule has 1 saturated heterocycles. The Bertz CT molecular complexity index is 398. The fraction of sp³-hybridized carbons (Fsp3) is 0.500. The quantitative estimate of drug-likeness (QED) is 0.866. The highest BCUT2D eigenvalue weighted by atomic mass is 35.5. The maximum atomic E-state index is 12.3. The van der Waals surface area contributed by atoms with Gasteiger partial charge < -0.3 is 15.4 Å². The molecule has 18 heavy (non-hydrogen) atoms. The van der Waals surface area contributed by atoms with E-state index in [-0.39, 0.29) is 5.75 Å². The molecule has 0 spiro atoms. The zero-order chi connectivity index (χ0) is 13.0. The summed E-state index contributed by atoms with van der Waals surface area (Å²) in [6.07, 6.45) is 1.03. The van der Waals surface area contributed by atoms with Crippen LogP contribution in [0.15, 0.2) is 18.2 Å². The van der Waals surface area contributed by atoms with Crippen molar-refractivity contribution in [3.05, 3.63) is 28.8 Å². The van der Waals surface area contributed by atoms with E-state index in [1.54, 1.807) is 12.1 Å². The summed E-state index contributed by atoms with van der Waals surface area (Å²) in [6.45, 7) is -0.480. The summed E-state index contributed by atoms with van der Waals surface area (Å²) in [4.78, 5) is 0. The summed E-state index contributed by atoms with van der Waals surface area (Å²) < 4.78 is 29.0. The molecular formula is C12H15ClF2N2O. The van der Waals surface area contributed by atoms with Crippen LogP contribution < -0.4 is 15.4 Å². The van der Waals surface area contributed by atoms with Crippen molar-refractivity contribution >= 4 is 11.6 Å². The molecule has 0 saturated carbocycles. The number of halogens is 3. The molecule has 1 aliphatic rings. The van der Waals surface area contributed by atoms with Crippen LogP contribution in [-0.4, -0.2) is 25.7 Å². The van der Waals surface area contributed by atoms with Crippen molar-refractivity contribution in [3.8, 4) is 5.75 Å². The van der Waals surface area contributed by atoms with E-state index in [0.717, 1.165) is 19.5 Å². The van der Waals surface area contributed by atoms with Crippen LogP contribution >= 0.6 is 11.6 Å². The maximum Gasteiger partial charge on any atom is 0.387 e. The number of alkyl halides is 2. The molecule has 1 aromatic carbocycles. The average molecular weight is 277 g/mol. The van der Waals surface area contributed by atoms with Crippen LogP contribution in [0.25, 0.3) is 0 Å². The molecule has 1 heterocycles. The Balaban J connectivity index is 2.01. The van der Waals surface area contributed by atoms with Gasteiger partial charge in [-0.2, -0.15) is 8.78 Å². The van der Waals surface area contributed by atoms with Crippen LogP contribution in [0, 0.1) is 0 Å². The van der Waals surface area contributed by atoms with E-state index >= 15 is 0 Å². The minimum absolute atomic E-state index is 0.174. The molecule has 1 atom stereocenters. The van der Waals surface area contributed by atoms with E-state index in [2.05, 4.69) is 15.4 Å². The number of hydrogen-bond acceptors (Lipinski definition) is 3. The Morgan fingerprint density at radius 3 is 3.00 bits per heavy atom. The first-order chi connectivity index (χ1) is 8.65. The molecule has 1 aromatic rings. The van der Waals surface area contributed by atoms with E-state index in [1.165, 1.54) is 6.07 Å². The van der Waals surface area contributed by atoms with Gasteiger partial charge in [0.2, 0.25) is 0 Å². The minimum atomic E-state index is -2.82. The molecule has 3 nitrogen and oxygen atoms in total. The predicted molar refractivity (Wildman–Crippen MR) is 66.2 cm³/mol. The second-order valence-corrected chi connectivity index (χ2v) is 4.64. The van der Waals surface area contributed by atoms with Gasteiger partial charge in [-0.15, -0.1) is 0 Å². The Morgan fingerprint density at radius 2 is 2.33 bits per heavy atom. The third kappa shape index (κ3) is 3.80. The Labute approximate surface area is 109 Å². The van der Waals surface area contributed by atoms with Gasteiger partial charge in [-0.25, -0.2) is 0 Å². The summed E-state index contributed by atoms with van der Waals surface area (Å²) >= 11 is 5.87. The highest BCUT2D eigenvalue weighted by Gasteiger charge is 2.15. The van der Waals surface area contributed by atoms with Gasteiger partial charge in [0.25, 0.3) is 0 Å². The van der Waals surface area contributed by atoms with Gasteiger partial charge in [-0.05, 0) is 31.2 Å². The van der Waals surface area contributed by atoms with Crippen molar-refractivity contribution in [1.29, 1.82) is 0 Å². The lowest BCUT2D eigenvalue weighted by atomic mass is 10.1. The monoisotopic (exact) mass is 276 g/mol. The van der Waals surface area contributed by atoms with Gasteiger partial charge >= 0.3 is 6.61 Å². The lowest BCUT2D eigenvalue weighted by Gasteiger charge is -2.14. The molecule has 100 valence electrons. The Morgan fingerprint density at radius 1 is 1.50 bits per heavy atom. The normalized spacial score (nSPS) is 19.4. The number of ether oxygens (including phenoxy) is 1. The third-order valence-electron chi connectivity index (χ3n) is 2.88. The first-order valence-corrected chi connectivity index (χ1v) is 6.20. The summed E-state index contributed by atoms with van der Waals surface area (Å²) in [5.41, 5.74) is 0.648. The first kappa shape index (κ1) is 13.5. The number of rotatable bonds is 5. The van der Waals surface area contributed by atoms with E-state index in [4.69, 9.17) is 11.6 Å².